The fourth-order valence-corrected chi connectivity index (χ4v) is 2.84. The van der Waals surface area contributed by atoms with Gasteiger partial charge in [-0.05, 0) is 52.5 Å². The van der Waals surface area contributed by atoms with Crippen molar-refractivity contribution in [1.29, 1.82) is 0 Å². The van der Waals surface area contributed by atoms with E-state index < -0.39 is 0 Å². The Hall–Kier alpha value is -1.12. The van der Waals surface area contributed by atoms with E-state index in [2.05, 4.69) is 67.2 Å². The number of hydrogen-bond donors (Lipinski definition) is 0. The molecule has 1 aromatic carbocycles. The van der Waals surface area contributed by atoms with E-state index >= 15 is 0 Å². The molecule has 2 heteroatoms. The van der Waals surface area contributed by atoms with Crippen LogP contribution < -0.4 is 0 Å². The zero-order valence-electron chi connectivity index (χ0n) is 12.5. The Morgan fingerprint density at radius 3 is 2.53 bits per heavy atom. The molecule has 1 aliphatic heterocycles. The second-order valence-electron chi connectivity index (χ2n) is 5.85. The summed E-state index contributed by atoms with van der Waals surface area (Å²) in [5.41, 5.74) is 2.74. The minimum atomic E-state index is 0.746. The van der Waals surface area contributed by atoms with Crippen LogP contribution in [0.5, 0.6) is 0 Å². The van der Waals surface area contributed by atoms with Crippen molar-refractivity contribution in [3.63, 3.8) is 0 Å². The minimum absolute atomic E-state index is 0.746. The van der Waals surface area contributed by atoms with E-state index in [0.29, 0.717) is 0 Å². The van der Waals surface area contributed by atoms with Crippen molar-refractivity contribution in [3.8, 4) is 0 Å². The molecule has 0 radical (unpaired) electrons. The Morgan fingerprint density at radius 2 is 1.89 bits per heavy atom. The van der Waals surface area contributed by atoms with Crippen LogP contribution in [0.4, 0.5) is 0 Å². The number of piperidine rings is 1. The molecular formula is C17H26N2. The highest BCUT2D eigenvalue weighted by molar-refractivity contribution is 5.52. The van der Waals surface area contributed by atoms with Gasteiger partial charge in [0, 0.05) is 12.6 Å². The highest BCUT2D eigenvalue weighted by Gasteiger charge is 2.20. The zero-order valence-corrected chi connectivity index (χ0v) is 12.5. The predicted molar refractivity (Wildman–Crippen MR) is 83.2 cm³/mol. The first-order valence-corrected chi connectivity index (χ1v) is 7.26. The van der Waals surface area contributed by atoms with Crippen LogP contribution in [0.3, 0.4) is 0 Å². The van der Waals surface area contributed by atoms with Gasteiger partial charge in [0.2, 0.25) is 0 Å². The average Bonchev–Trinajstić information content (AvgIpc) is 2.40. The predicted octanol–water partition coefficient (Wildman–Crippen LogP) is 3.12. The average molecular weight is 258 g/mol. The maximum absolute atomic E-state index is 2.52. The first kappa shape index (κ1) is 14.3. The van der Waals surface area contributed by atoms with Gasteiger partial charge in [0.05, 0.1) is 0 Å². The molecule has 2 nitrogen and oxygen atoms in total. The Labute approximate surface area is 117 Å². The van der Waals surface area contributed by atoms with Gasteiger partial charge in [0.25, 0.3) is 0 Å². The summed E-state index contributed by atoms with van der Waals surface area (Å²) in [6.45, 7) is 5.77. The number of benzene rings is 1. The third-order valence-electron chi connectivity index (χ3n) is 4.02. The van der Waals surface area contributed by atoms with Gasteiger partial charge in [-0.2, -0.15) is 0 Å². The summed E-state index contributed by atoms with van der Waals surface area (Å²) in [5.74, 6) is 0. The molecule has 0 aromatic heterocycles. The summed E-state index contributed by atoms with van der Waals surface area (Å²) in [4.78, 5) is 4.94. The van der Waals surface area contributed by atoms with E-state index in [-0.39, 0.29) is 0 Å². The molecule has 1 heterocycles. The van der Waals surface area contributed by atoms with Gasteiger partial charge in [0.1, 0.15) is 0 Å². The van der Waals surface area contributed by atoms with Crippen LogP contribution in [0, 0.1) is 0 Å². The van der Waals surface area contributed by atoms with Crippen LogP contribution in [0.2, 0.25) is 0 Å². The van der Waals surface area contributed by atoms with Gasteiger partial charge >= 0.3 is 0 Å². The van der Waals surface area contributed by atoms with Crippen LogP contribution in [0.1, 0.15) is 25.3 Å². The quantitative estimate of drug-likeness (QED) is 0.819. The van der Waals surface area contributed by atoms with Crippen LogP contribution >= 0.6 is 0 Å². The molecule has 104 valence electrons. The van der Waals surface area contributed by atoms with E-state index in [1.54, 1.807) is 0 Å². The SMILES string of the molecule is C/C(=C\c1ccccc1)CN(C)C1CCN(C)CC1. The lowest BCUT2D eigenvalue weighted by Crippen LogP contribution is -2.42. The first-order chi connectivity index (χ1) is 9.15. The summed E-state index contributed by atoms with van der Waals surface area (Å²) < 4.78 is 0. The molecule has 0 bridgehead atoms. The molecule has 0 aliphatic carbocycles. The molecule has 0 unspecified atom stereocenters. The van der Waals surface area contributed by atoms with E-state index in [1.807, 2.05) is 0 Å². The van der Waals surface area contributed by atoms with Crippen LogP contribution in [0.15, 0.2) is 35.9 Å². The summed E-state index contributed by atoms with van der Waals surface area (Å²) in [5, 5.41) is 0. The van der Waals surface area contributed by atoms with Crippen molar-refractivity contribution in [1.82, 2.24) is 9.80 Å². The van der Waals surface area contributed by atoms with Crippen LogP contribution in [-0.2, 0) is 0 Å². The second kappa shape index (κ2) is 6.88. The molecular weight excluding hydrogens is 232 g/mol. The van der Waals surface area contributed by atoms with E-state index in [9.17, 15) is 0 Å². The third-order valence-corrected chi connectivity index (χ3v) is 4.02. The largest absolute Gasteiger partial charge is 0.306 e. The number of rotatable bonds is 4. The second-order valence-corrected chi connectivity index (χ2v) is 5.85. The van der Waals surface area contributed by atoms with Crippen molar-refractivity contribution < 1.29 is 0 Å². The summed E-state index contributed by atoms with van der Waals surface area (Å²) in [6.07, 6.45) is 4.89. The van der Waals surface area contributed by atoms with Crippen molar-refractivity contribution >= 4 is 6.08 Å². The molecule has 2 rings (SSSR count). The number of hydrogen-bond acceptors (Lipinski definition) is 2. The molecule has 1 aromatic rings. The Balaban J connectivity index is 1.88. The lowest BCUT2D eigenvalue weighted by atomic mass is 10.0. The van der Waals surface area contributed by atoms with Crippen LogP contribution in [-0.4, -0.2) is 49.6 Å². The summed E-state index contributed by atoms with van der Waals surface area (Å²) in [6, 6.07) is 11.3. The highest BCUT2D eigenvalue weighted by Crippen LogP contribution is 2.16. The van der Waals surface area contributed by atoms with Crippen molar-refractivity contribution in [2.75, 3.05) is 33.7 Å². The van der Waals surface area contributed by atoms with Gasteiger partial charge in [-0.1, -0.05) is 42.0 Å². The van der Waals surface area contributed by atoms with Crippen molar-refractivity contribution in [3.05, 3.63) is 41.5 Å². The number of nitrogens with zero attached hydrogens (tertiary/aromatic N) is 2. The van der Waals surface area contributed by atoms with Gasteiger partial charge in [-0.3, -0.25) is 4.90 Å². The maximum Gasteiger partial charge on any atom is 0.0193 e. The monoisotopic (exact) mass is 258 g/mol. The molecule has 0 spiro atoms. The molecule has 1 aliphatic rings. The highest BCUT2D eigenvalue weighted by atomic mass is 15.2. The molecule has 0 atom stereocenters. The van der Waals surface area contributed by atoms with Gasteiger partial charge in [0.15, 0.2) is 0 Å². The Bertz CT molecular complexity index is 403. The van der Waals surface area contributed by atoms with E-state index in [1.165, 1.54) is 37.1 Å². The molecule has 1 fully saturated rings. The summed E-state index contributed by atoms with van der Waals surface area (Å²) >= 11 is 0. The molecule has 0 amide bonds. The normalized spacial score (nSPS) is 19.1. The lowest BCUT2D eigenvalue weighted by molar-refractivity contribution is 0.153. The zero-order chi connectivity index (χ0) is 13.7. The van der Waals surface area contributed by atoms with Crippen molar-refractivity contribution in [2.24, 2.45) is 0 Å². The Morgan fingerprint density at radius 1 is 1.26 bits per heavy atom. The Kier molecular flexibility index (Phi) is 5.17. The number of likely N-dealkylation sites (tertiary alicyclic amines) is 1. The topological polar surface area (TPSA) is 6.48 Å². The molecule has 0 saturated carbocycles. The molecule has 19 heavy (non-hydrogen) atoms. The molecule has 1 saturated heterocycles. The van der Waals surface area contributed by atoms with Crippen molar-refractivity contribution in [2.45, 2.75) is 25.8 Å². The smallest absolute Gasteiger partial charge is 0.0193 e. The van der Waals surface area contributed by atoms with E-state index in [0.717, 1.165) is 12.6 Å². The summed E-state index contributed by atoms with van der Waals surface area (Å²) in [7, 11) is 4.48. The first-order valence-electron chi connectivity index (χ1n) is 7.26. The number of likely N-dealkylation sites (N-methyl/N-ethyl adjacent to an activating group) is 1. The lowest BCUT2D eigenvalue weighted by Gasteiger charge is -2.35. The van der Waals surface area contributed by atoms with Crippen LogP contribution in [0.25, 0.3) is 6.08 Å². The molecule has 0 N–H and O–H groups in total. The fraction of sp³-hybridized carbons (Fsp3) is 0.529. The third kappa shape index (κ3) is 4.48. The standard InChI is InChI=1S/C17H26N2/c1-15(13-16-7-5-4-6-8-16)14-19(3)17-9-11-18(2)12-10-17/h4-8,13,17H,9-12,14H2,1-3H3/b15-13+. The minimum Gasteiger partial charge on any atom is -0.306 e. The van der Waals surface area contributed by atoms with E-state index in [4.69, 9.17) is 0 Å². The van der Waals surface area contributed by atoms with Gasteiger partial charge in [-0.25, -0.2) is 0 Å². The fourth-order valence-electron chi connectivity index (χ4n) is 2.84. The van der Waals surface area contributed by atoms with Gasteiger partial charge in [-0.15, -0.1) is 0 Å². The van der Waals surface area contributed by atoms with Gasteiger partial charge < -0.3 is 4.90 Å². The maximum atomic E-state index is 2.52.